The lowest BCUT2D eigenvalue weighted by atomic mass is 10.1. The zero-order valence-corrected chi connectivity index (χ0v) is 14.3. The lowest BCUT2D eigenvalue weighted by Gasteiger charge is -2.06. The van der Waals surface area contributed by atoms with Gasteiger partial charge in [-0.2, -0.15) is 0 Å². The highest BCUT2D eigenvalue weighted by Gasteiger charge is 2.15. The third-order valence-electron chi connectivity index (χ3n) is 3.87. The summed E-state index contributed by atoms with van der Waals surface area (Å²) in [6.07, 6.45) is 4.37. The minimum Gasteiger partial charge on any atom is -0.321 e. The molecular formula is C18H17N3O2S. The Kier molecular flexibility index (Phi) is 4.57. The normalized spacial score (nSPS) is 10.6. The number of amides is 1. The maximum Gasteiger partial charge on any atom is 0.307 e. The van der Waals surface area contributed by atoms with E-state index in [1.807, 2.05) is 36.4 Å². The third kappa shape index (κ3) is 3.44. The standard InChI is InChI=1S/C18H17N3O2S/c1-12-16(24-18(23)21(12)2)17(22)20-15-5-3-13(4-6-15)11-14-7-9-19-10-8-14/h3-10H,11H2,1-2H3,(H,20,22). The van der Waals surface area contributed by atoms with Crippen molar-refractivity contribution in [3.8, 4) is 0 Å². The smallest absolute Gasteiger partial charge is 0.307 e. The Balaban J connectivity index is 1.71. The van der Waals surface area contributed by atoms with Gasteiger partial charge in [-0.1, -0.05) is 23.5 Å². The van der Waals surface area contributed by atoms with Gasteiger partial charge in [-0.15, -0.1) is 0 Å². The SMILES string of the molecule is Cc1c(C(=O)Nc2ccc(Cc3ccncc3)cc2)sc(=O)n1C. The molecular weight excluding hydrogens is 322 g/mol. The monoisotopic (exact) mass is 339 g/mol. The molecule has 0 fully saturated rings. The average Bonchev–Trinajstić information content (AvgIpc) is 2.85. The average molecular weight is 339 g/mol. The maximum absolute atomic E-state index is 12.3. The van der Waals surface area contributed by atoms with E-state index in [2.05, 4.69) is 10.3 Å². The Bertz CT molecular complexity index is 912. The number of rotatable bonds is 4. The molecule has 0 saturated carbocycles. The lowest BCUT2D eigenvalue weighted by molar-refractivity contribution is 0.102. The summed E-state index contributed by atoms with van der Waals surface area (Å²) in [5.74, 6) is -0.253. The molecule has 0 aliphatic carbocycles. The zero-order valence-electron chi connectivity index (χ0n) is 13.4. The Morgan fingerprint density at radius 1 is 1.12 bits per heavy atom. The predicted octanol–water partition coefficient (Wildman–Crippen LogP) is 2.99. The molecule has 3 rings (SSSR count). The fourth-order valence-electron chi connectivity index (χ4n) is 2.36. The number of hydrogen-bond acceptors (Lipinski definition) is 4. The number of hydrogen-bond donors (Lipinski definition) is 1. The van der Waals surface area contributed by atoms with E-state index >= 15 is 0 Å². The van der Waals surface area contributed by atoms with Gasteiger partial charge in [0.05, 0.1) is 0 Å². The second-order valence-electron chi connectivity index (χ2n) is 5.52. The van der Waals surface area contributed by atoms with Crippen LogP contribution in [0.2, 0.25) is 0 Å². The van der Waals surface area contributed by atoms with Crippen LogP contribution in [0.4, 0.5) is 5.69 Å². The van der Waals surface area contributed by atoms with Crippen LogP contribution in [0.5, 0.6) is 0 Å². The second kappa shape index (κ2) is 6.80. The van der Waals surface area contributed by atoms with Crippen molar-refractivity contribution in [1.82, 2.24) is 9.55 Å². The van der Waals surface area contributed by atoms with Crippen LogP contribution in [0, 0.1) is 6.92 Å². The lowest BCUT2D eigenvalue weighted by Crippen LogP contribution is -2.12. The predicted molar refractivity (Wildman–Crippen MR) is 95.7 cm³/mol. The van der Waals surface area contributed by atoms with Crippen molar-refractivity contribution in [3.05, 3.63) is 80.2 Å². The third-order valence-corrected chi connectivity index (χ3v) is 5.00. The maximum atomic E-state index is 12.3. The molecule has 0 radical (unpaired) electrons. The molecule has 2 aromatic heterocycles. The summed E-state index contributed by atoms with van der Waals surface area (Å²) in [5.41, 5.74) is 3.73. The minimum atomic E-state index is -0.253. The Hall–Kier alpha value is -2.73. The van der Waals surface area contributed by atoms with E-state index in [-0.39, 0.29) is 10.8 Å². The molecule has 6 heteroatoms. The van der Waals surface area contributed by atoms with Crippen LogP contribution in [0.3, 0.4) is 0 Å². The van der Waals surface area contributed by atoms with E-state index in [0.29, 0.717) is 16.3 Å². The summed E-state index contributed by atoms with van der Waals surface area (Å²) in [7, 11) is 1.67. The molecule has 0 aliphatic heterocycles. The van der Waals surface area contributed by atoms with E-state index < -0.39 is 0 Å². The second-order valence-corrected chi connectivity index (χ2v) is 6.49. The van der Waals surface area contributed by atoms with Gasteiger partial charge in [0.2, 0.25) is 0 Å². The quantitative estimate of drug-likeness (QED) is 0.795. The number of benzene rings is 1. The fraction of sp³-hybridized carbons (Fsp3) is 0.167. The first-order valence-corrected chi connectivity index (χ1v) is 8.32. The summed E-state index contributed by atoms with van der Waals surface area (Å²) in [5, 5.41) is 2.84. The molecule has 122 valence electrons. The van der Waals surface area contributed by atoms with Gasteiger partial charge >= 0.3 is 4.87 Å². The van der Waals surface area contributed by atoms with Gasteiger partial charge in [0, 0.05) is 30.8 Å². The van der Waals surface area contributed by atoms with Gasteiger partial charge < -0.3 is 9.88 Å². The van der Waals surface area contributed by atoms with Crippen LogP contribution >= 0.6 is 11.3 Å². The summed E-state index contributed by atoms with van der Waals surface area (Å²) in [6.45, 7) is 1.77. The topological polar surface area (TPSA) is 64.0 Å². The molecule has 0 saturated heterocycles. The first kappa shape index (κ1) is 16.1. The number of thiazole rings is 1. The summed E-state index contributed by atoms with van der Waals surface area (Å²) < 4.78 is 1.48. The summed E-state index contributed by atoms with van der Waals surface area (Å²) >= 11 is 0.963. The number of pyridine rings is 1. The summed E-state index contributed by atoms with van der Waals surface area (Å²) in [6, 6.07) is 11.7. The largest absolute Gasteiger partial charge is 0.321 e. The van der Waals surface area contributed by atoms with E-state index in [1.165, 1.54) is 10.1 Å². The van der Waals surface area contributed by atoms with E-state index in [0.717, 1.165) is 23.3 Å². The Morgan fingerprint density at radius 2 is 1.75 bits per heavy atom. The van der Waals surface area contributed by atoms with Crippen LogP contribution < -0.4 is 10.2 Å². The van der Waals surface area contributed by atoms with Gasteiger partial charge in [-0.05, 0) is 48.7 Å². The van der Waals surface area contributed by atoms with Crippen molar-refractivity contribution in [1.29, 1.82) is 0 Å². The van der Waals surface area contributed by atoms with Gasteiger partial charge in [0.1, 0.15) is 4.88 Å². The highest BCUT2D eigenvalue weighted by molar-refractivity contribution is 7.11. The fourth-order valence-corrected chi connectivity index (χ4v) is 3.24. The van der Waals surface area contributed by atoms with Crippen LogP contribution in [0.1, 0.15) is 26.5 Å². The Morgan fingerprint density at radius 3 is 2.33 bits per heavy atom. The van der Waals surface area contributed by atoms with Crippen molar-refractivity contribution in [2.24, 2.45) is 7.05 Å². The minimum absolute atomic E-state index is 0.134. The number of nitrogens with one attached hydrogen (secondary N) is 1. The van der Waals surface area contributed by atoms with Crippen LogP contribution in [0.25, 0.3) is 0 Å². The van der Waals surface area contributed by atoms with Crippen molar-refractivity contribution >= 4 is 22.9 Å². The molecule has 1 amide bonds. The Labute approximate surface area is 143 Å². The first-order chi connectivity index (χ1) is 11.5. The molecule has 0 spiro atoms. The highest BCUT2D eigenvalue weighted by Crippen LogP contribution is 2.16. The van der Waals surface area contributed by atoms with Crippen LogP contribution in [-0.2, 0) is 13.5 Å². The van der Waals surface area contributed by atoms with Crippen LogP contribution in [0.15, 0.2) is 53.6 Å². The first-order valence-electron chi connectivity index (χ1n) is 7.50. The van der Waals surface area contributed by atoms with E-state index in [4.69, 9.17) is 0 Å². The van der Waals surface area contributed by atoms with Gasteiger partial charge in [0.25, 0.3) is 5.91 Å². The number of carbonyl (C=O) groups is 1. The van der Waals surface area contributed by atoms with E-state index in [9.17, 15) is 9.59 Å². The van der Waals surface area contributed by atoms with Crippen molar-refractivity contribution in [2.45, 2.75) is 13.3 Å². The molecule has 24 heavy (non-hydrogen) atoms. The van der Waals surface area contributed by atoms with E-state index in [1.54, 1.807) is 26.4 Å². The van der Waals surface area contributed by atoms with Gasteiger partial charge in [-0.3, -0.25) is 14.6 Å². The summed E-state index contributed by atoms with van der Waals surface area (Å²) in [4.78, 5) is 28.3. The van der Waals surface area contributed by atoms with Crippen molar-refractivity contribution < 1.29 is 4.79 Å². The highest BCUT2D eigenvalue weighted by atomic mass is 32.1. The van der Waals surface area contributed by atoms with Gasteiger partial charge in [0.15, 0.2) is 0 Å². The van der Waals surface area contributed by atoms with Crippen molar-refractivity contribution in [3.63, 3.8) is 0 Å². The van der Waals surface area contributed by atoms with Gasteiger partial charge in [-0.25, -0.2) is 0 Å². The molecule has 0 aliphatic rings. The molecule has 0 atom stereocenters. The number of anilines is 1. The molecule has 3 aromatic rings. The molecule has 2 heterocycles. The molecule has 5 nitrogen and oxygen atoms in total. The molecule has 1 aromatic carbocycles. The van der Waals surface area contributed by atoms with Crippen LogP contribution in [-0.4, -0.2) is 15.5 Å². The molecule has 0 unspecified atom stereocenters. The zero-order chi connectivity index (χ0) is 17.1. The van der Waals surface area contributed by atoms with Crippen molar-refractivity contribution in [2.75, 3.05) is 5.32 Å². The number of aromatic nitrogens is 2. The molecule has 0 bridgehead atoms. The number of nitrogens with zero attached hydrogens (tertiary/aromatic N) is 2. The number of carbonyl (C=O) groups excluding carboxylic acids is 1. The molecule has 1 N–H and O–H groups in total.